The second-order valence-electron chi connectivity index (χ2n) is 4.17. The minimum absolute atomic E-state index is 0.156. The Morgan fingerprint density at radius 2 is 2.00 bits per heavy atom. The van der Waals surface area contributed by atoms with Crippen molar-refractivity contribution in [3.8, 4) is 24.0 Å². The summed E-state index contributed by atoms with van der Waals surface area (Å²) in [6, 6.07) is 9.83. The summed E-state index contributed by atoms with van der Waals surface area (Å²) in [4.78, 5) is 11.5. The summed E-state index contributed by atoms with van der Waals surface area (Å²) in [5.41, 5.74) is 0.433. The molecule has 0 aliphatic carbocycles. The zero-order valence-electron chi connectivity index (χ0n) is 11.0. The second-order valence-corrected chi connectivity index (χ2v) is 4.17. The molecule has 1 amide bonds. The van der Waals surface area contributed by atoms with Crippen LogP contribution in [0.2, 0.25) is 0 Å². The van der Waals surface area contributed by atoms with E-state index < -0.39 is 6.10 Å². The lowest BCUT2D eigenvalue weighted by Crippen LogP contribution is -2.34. The number of amides is 1. The van der Waals surface area contributed by atoms with Crippen LogP contribution in [0.1, 0.15) is 6.92 Å². The summed E-state index contributed by atoms with van der Waals surface area (Å²) in [5, 5.41) is 31.8. The highest BCUT2D eigenvalue weighted by atomic mass is 16.5. The molecule has 0 fully saturated rings. The van der Waals surface area contributed by atoms with Gasteiger partial charge in [0, 0.05) is 5.69 Å². The van der Waals surface area contributed by atoms with E-state index >= 15 is 0 Å². The van der Waals surface area contributed by atoms with Crippen LogP contribution in [0, 0.1) is 34.0 Å². The fourth-order valence-electron chi connectivity index (χ4n) is 1.71. The molecule has 0 radical (unpaired) electrons. The van der Waals surface area contributed by atoms with Crippen LogP contribution in [-0.2, 0) is 4.79 Å². The molecule has 0 aromatic heterocycles. The quantitative estimate of drug-likeness (QED) is 0.793. The van der Waals surface area contributed by atoms with Crippen LogP contribution in [0.4, 0.5) is 11.4 Å². The summed E-state index contributed by atoms with van der Waals surface area (Å²) in [6.07, 6.45) is -0.574. The van der Waals surface area contributed by atoms with E-state index in [0.29, 0.717) is 17.1 Å². The number of hydrogen-bond acceptors (Lipinski definition) is 6. The van der Waals surface area contributed by atoms with Gasteiger partial charge in [0.05, 0.1) is 5.69 Å². The third-order valence-electron chi connectivity index (χ3n) is 2.77. The van der Waals surface area contributed by atoms with Gasteiger partial charge in [-0.2, -0.15) is 15.8 Å². The Kier molecular flexibility index (Phi) is 3.74. The lowest BCUT2D eigenvalue weighted by molar-refractivity contribution is -0.122. The molecule has 2 rings (SSSR count). The SMILES string of the molecule is CC1Oc2ccc(NC(C#N)=C(C#N)C#N)cc2NC1=O. The molecule has 1 aliphatic heterocycles. The van der Waals surface area contributed by atoms with E-state index in [0.717, 1.165) is 0 Å². The number of nitriles is 3. The van der Waals surface area contributed by atoms with Crippen LogP contribution < -0.4 is 15.4 Å². The Morgan fingerprint density at radius 3 is 2.62 bits per heavy atom. The lowest BCUT2D eigenvalue weighted by atomic mass is 10.2. The lowest BCUT2D eigenvalue weighted by Gasteiger charge is -2.23. The standard InChI is InChI=1S/C14H9N5O2/c1-8-14(20)19-11-4-10(2-3-13(11)21-8)18-12(7-17)9(5-15)6-16/h2-4,8,18H,1H3,(H,19,20). The molecule has 1 atom stereocenters. The van der Waals surface area contributed by atoms with Gasteiger partial charge in [0.15, 0.2) is 11.7 Å². The first-order valence-corrected chi connectivity index (χ1v) is 5.92. The molecule has 0 saturated heterocycles. The Labute approximate surface area is 120 Å². The maximum atomic E-state index is 11.5. The Morgan fingerprint density at radius 1 is 1.29 bits per heavy atom. The van der Waals surface area contributed by atoms with E-state index in [2.05, 4.69) is 10.6 Å². The van der Waals surface area contributed by atoms with Crippen molar-refractivity contribution >= 4 is 17.3 Å². The van der Waals surface area contributed by atoms with E-state index in [-0.39, 0.29) is 17.2 Å². The molecule has 7 heteroatoms. The first kappa shape index (κ1) is 13.9. The number of hydrogen-bond donors (Lipinski definition) is 2. The van der Waals surface area contributed by atoms with Crippen molar-refractivity contribution < 1.29 is 9.53 Å². The Balaban J connectivity index is 2.33. The van der Waals surface area contributed by atoms with Crippen molar-refractivity contribution in [2.75, 3.05) is 10.6 Å². The molecule has 1 aromatic rings. The Hall–Kier alpha value is -3.50. The van der Waals surface area contributed by atoms with Gasteiger partial charge in [-0.1, -0.05) is 0 Å². The van der Waals surface area contributed by atoms with Gasteiger partial charge in [-0.05, 0) is 25.1 Å². The molecular formula is C14H9N5O2. The van der Waals surface area contributed by atoms with Gasteiger partial charge in [-0.15, -0.1) is 0 Å². The molecule has 102 valence electrons. The summed E-state index contributed by atoms with van der Waals surface area (Å²) >= 11 is 0. The molecule has 1 aromatic carbocycles. The fraction of sp³-hybridized carbons (Fsp3) is 0.143. The predicted molar refractivity (Wildman–Crippen MR) is 72.6 cm³/mol. The van der Waals surface area contributed by atoms with Crippen molar-refractivity contribution in [3.63, 3.8) is 0 Å². The molecule has 21 heavy (non-hydrogen) atoms. The van der Waals surface area contributed by atoms with E-state index in [1.165, 1.54) is 0 Å². The highest BCUT2D eigenvalue weighted by Gasteiger charge is 2.23. The number of nitrogens with one attached hydrogen (secondary N) is 2. The van der Waals surface area contributed by atoms with E-state index in [9.17, 15) is 4.79 Å². The molecule has 2 N–H and O–H groups in total. The second kappa shape index (κ2) is 5.64. The maximum absolute atomic E-state index is 11.5. The highest BCUT2D eigenvalue weighted by Crippen LogP contribution is 2.32. The molecule has 0 bridgehead atoms. The fourth-order valence-corrected chi connectivity index (χ4v) is 1.71. The van der Waals surface area contributed by atoms with Gasteiger partial charge in [-0.3, -0.25) is 4.79 Å². The van der Waals surface area contributed by atoms with Crippen molar-refractivity contribution in [1.82, 2.24) is 0 Å². The molecular weight excluding hydrogens is 270 g/mol. The number of carbonyl (C=O) groups excluding carboxylic acids is 1. The van der Waals surface area contributed by atoms with Gasteiger partial charge >= 0.3 is 0 Å². The number of rotatable bonds is 2. The number of anilines is 2. The third kappa shape index (κ3) is 2.75. The molecule has 1 aliphatic rings. The highest BCUT2D eigenvalue weighted by molar-refractivity contribution is 5.98. The van der Waals surface area contributed by atoms with Gasteiger partial charge in [0.25, 0.3) is 5.91 Å². The normalized spacial score (nSPS) is 15.1. The monoisotopic (exact) mass is 279 g/mol. The zero-order chi connectivity index (χ0) is 15.4. The van der Waals surface area contributed by atoms with Gasteiger partial charge in [0.2, 0.25) is 0 Å². The smallest absolute Gasteiger partial charge is 0.265 e. The van der Waals surface area contributed by atoms with E-state index in [1.54, 1.807) is 43.3 Å². The van der Waals surface area contributed by atoms with Crippen molar-refractivity contribution in [2.45, 2.75) is 13.0 Å². The summed E-state index contributed by atoms with van der Waals surface area (Å²) in [7, 11) is 0. The largest absolute Gasteiger partial charge is 0.479 e. The molecule has 1 unspecified atom stereocenters. The van der Waals surface area contributed by atoms with E-state index in [4.69, 9.17) is 20.5 Å². The molecule has 7 nitrogen and oxygen atoms in total. The number of fused-ring (bicyclic) bond motifs is 1. The van der Waals surface area contributed by atoms with Crippen LogP contribution in [0.5, 0.6) is 5.75 Å². The minimum Gasteiger partial charge on any atom is -0.479 e. The average Bonchev–Trinajstić information content (AvgIpc) is 2.48. The number of benzene rings is 1. The van der Waals surface area contributed by atoms with Crippen LogP contribution in [0.25, 0.3) is 0 Å². The van der Waals surface area contributed by atoms with Crippen LogP contribution >= 0.6 is 0 Å². The van der Waals surface area contributed by atoms with Crippen LogP contribution in [-0.4, -0.2) is 12.0 Å². The zero-order valence-corrected chi connectivity index (χ0v) is 11.0. The van der Waals surface area contributed by atoms with Gasteiger partial charge in [0.1, 0.15) is 29.7 Å². The van der Waals surface area contributed by atoms with Gasteiger partial charge < -0.3 is 15.4 Å². The topological polar surface area (TPSA) is 122 Å². The molecule has 1 heterocycles. The number of ether oxygens (including phenoxy) is 1. The average molecular weight is 279 g/mol. The summed E-state index contributed by atoms with van der Waals surface area (Å²) in [5.74, 6) is 0.237. The van der Waals surface area contributed by atoms with Crippen molar-refractivity contribution in [3.05, 3.63) is 29.5 Å². The molecule has 0 saturated carbocycles. The maximum Gasteiger partial charge on any atom is 0.265 e. The van der Waals surface area contributed by atoms with Crippen molar-refractivity contribution in [1.29, 1.82) is 15.8 Å². The van der Waals surface area contributed by atoms with E-state index in [1.807, 2.05) is 0 Å². The van der Waals surface area contributed by atoms with Crippen LogP contribution in [0.3, 0.4) is 0 Å². The van der Waals surface area contributed by atoms with Gasteiger partial charge in [-0.25, -0.2) is 0 Å². The number of carbonyl (C=O) groups is 1. The van der Waals surface area contributed by atoms with Crippen LogP contribution in [0.15, 0.2) is 29.5 Å². The summed E-state index contributed by atoms with van der Waals surface area (Å²) in [6.45, 7) is 1.63. The predicted octanol–water partition coefficient (Wildman–Crippen LogP) is 1.64. The molecule has 0 spiro atoms. The summed E-state index contributed by atoms with van der Waals surface area (Å²) < 4.78 is 5.40. The van der Waals surface area contributed by atoms with Crippen molar-refractivity contribution in [2.24, 2.45) is 0 Å². The number of allylic oxidation sites excluding steroid dienone is 2. The number of nitrogens with zero attached hydrogens (tertiary/aromatic N) is 3. The minimum atomic E-state index is -0.574. The first-order valence-electron chi connectivity index (χ1n) is 5.92. The first-order chi connectivity index (χ1) is 10.1. The Bertz CT molecular complexity index is 745. The third-order valence-corrected chi connectivity index (χ3v) is 2.77.